The lowest BCUT2D eigenvalue weighted by Crippen LogP contribution is -2.54. The number of amides is 1. The molecule has 1 aromatic rings. The van der Waals surface area contributed by atoms with Crippen LogP contribution < -0.4 is 5.32 Å². The maximum absolute atomic E-state index is 12.5. The SMILES string of the molecule is CC(C(=O)N1CCN(Cc2ccncc2)CC1)C1CNC1. The van der Waals surface area contributed by atoms with E-state index in [1.54, 1.807) is 0 Å². The van der Waals surface area contributed by atoms with Gasteiger partial charge in [-0.25, -0.2) is 0 Å². The number of hydrogen-bond acceptors (Lipinski definition) is 4. The zero-order valence-corrected chi connectivity index (χ0v) is 12.7. The van der Waals surface area contributed by atoms with Gasteiger partial charge in [0.1, 0.15) is 0 Å². The molecule has 0 bridgehead atoms. The molecule has 2 aliphatic rings. The van der Waals surface area contributed by atoms with Crippen LogP contribution in [0.2, 0.25) is 0 Å². The first kappa shape index (κ1) is 14.5. The number of rotatable bonds is 4. The van der Waals surface area contributed by atoms with Crippen LogP contribution >= 0.6 is 0 Å². The average molecular weight is 288 g/mol. The third kappa shape index (κ3) is 3.41. The quantitative estimate of drug-likeness (QED) is 0.880. The Balaban J connectivity index is 1.47. The molecule has 1 atom stereocenters. The Morgan fingerprint density at radius 1 is 1.29 bits per heavy atom. The predicted octanol–water partition coefficient (Wildman–Crippen LogP) is 0.581. The molecule has 1 N–H and O–H groups in total. The van der Waals surface area contributed by atoms with Crippen LogP contribution in [0.5, 0.6) is 0 Å². The number of aromatic nitrogens is 1. The van der Waals surface area contributed by atoms with Crippen LogP contribution in [0.15, 0.2) is 24.5 Å². The highest BCUT2D eigenvalue weighted by molar-refractivity contribution is 5.79. The summed E-state index contributed by atoms with van der Waals surface area (Å²) in [5, 5.41) is 3.25. The van der Waals surface area contributed by atoms with E-state index in [2.05, 4.69) is 34.3 Å². The van der Waals surface area contributed by atoms with E-state index in [4.69, 9.17) is 0 Å². The third-order valence-corrected chi connectivity index (χ3v) is 4.75. The number of carbonyl (C=O) groups excluding carboxylic acids is 1. The van der Waals surface area contributed by atoms with E-state index >= 15 is 0 Å². The Labute approximate surface area is 126 Å². The van der Waals surface area contributed by atoms with Gasteiger partial charge in [-0.2, -0.15) is 0 Å². The smallest absolute Gasteiger partial charge is 0.225 e. The monoisotopic (exact) mass is 288 g/mol. The maximum atomic E-state index is 12.5. The summed E-state index contributed by atoms with van der Waals surface area (Å²) in [6.45, 7) is 8.66. The lowest BCUT2D eigenvalue weighted by Gasteiger charge is -2.39. The van der Waals surface area contributed by atoms with Crippen LogP contribution in [0.4, 0.5) is 0 Å². The number of nitrogens with one attached hydrogen (secondary N) is 1. The molecule has 5 heteroatoms. The van der Waals surface area contributed by atoms with E-state index in [0.717, 1.165) is 45.8 Å². The summed E-state index contributed by atoms with van der Waals surface area (Å²) >= 11 is 0. The normalized spacial score (nSPS) is 21.9. The standard InChI is InChI=1S/C16H24N4O/c1-13(15-10-18-11-15)16(21)20-8-6-19(7-9-20)12-14-2-4-17-5-3-14/h2-5,13,15,18H,6-12H2,1H3. The Kier molecular flexibility index (Phi) is 4.51. The van der Waals surface area contributed by atoms with Crippen LogP contribution in [-0.4, -0.2) is 60.0 Å². The van der Waals surface area contributed by atoms with Gasteiger partial charge in [-0.1, -0.05) is 6.92 Å². The topological polar surface area (TPSA) is 48.5 Å². The average Bonchev–Trinajstić information content (AvgIpc) is 2.46. The molecule has 114 valence electrons. The van der Waals surface area contributed by atoms with Gasteiger partial charge in [0.05, 0.1) is 0 Å². The van der Waals surface area contributed by atoms with Crippen molar-refractivity contribution in [1.29, 1.82) is 0 Å². The summed E-state index contributed by atoms with van der Waals surface area (Å²) in [5.41, 5.74) is 1.29. The molecule has 2 aliphatic heterocycles. The van der Waals surface area contributed by atoms with Gasteiger partial charge in [-0.15, -0.1) is 0 Å². The number of nitrogens with zero attached hydrogens (tertiary/aromatic N) is 3. The van der Waals surface area contributed by atoms with Crippen LogP contribution in [0.3, 0.4) is 0 Å². The lowest BCUT2D eigenvalue weighted by atomic mass is 9.88. The first-order valence-electron chi connectivity index (χ1n) is 7.85. The second-order valence-electron chi connectivity index (χ2n) is 6.16. The number of hydrogen-bond donors (Lipinski definition) is 1. The first-order valence-corrected chi connectivity index (χ1v) is 7.85. The molecule has 2 saturated heterocycles. The Morgan fingerprint density at radius 3 is 2.52 bits per heavy atom. The molecular formula is C16H24N4O. The second-order valence-corrected chi connectivity index (χ2v) is 6.16. The minimum Gasteiger partial charge on any atom is -0.340 e. The molecule has 1 amide bonds. The minimum absolute atomic E-state index is 0.165. The van der Waals surface area contributed by atoms with Gasteiger partial charge in [0.2, 0.25) is 5.91 Å². The maximum Gasteiger partial charge on any atom is 0.225 e. The third-order valence-electron chi connectivity index (χ3n) is 4.75. The molecule has 2 fully saturated rings. The van der Waals surface area contributed by atoms with Crippen LogP contribution in [0, 0.1) is 11.8 Å². The van der Waals surface area contributed by atoms with Crippen molar-refractivity contribution in [1.82, 2.24) is 20.1 Å². The Bertz CT molecular complexity index is 466. The van der Waals surface area contributed by atoms with Crippen molar-refractivity contribution in [3.63, 3.8) is 0 Å². The zero-order valence-electron chi connectivity index (χ0n) is 12.7. The van der Waals surface area contributed by atoms with Crippen molar-refractivity contribution in [2.24, 2.45) is 11.8 Å². The molecule has 1 aromatic heterocycles. The molecule has 0 aliphatic carbocycles. The number of carbonyl (C=O) groups is 1. The van der Waals surface area contributed by atoms with Gasteiger partial charge < -0.3 is 10.2 Å². The molecule has 0 saturated carbocycles. The van der Waals surface area contributed by atoms with Crippen molar-refractivity contribution in [2.75, 3.05) is 39.3 Å². The van der Waals surface area contributed by atoms with Crippen molar-refractivity contribution < 1.29 is 4.79 Å². The fourth-order valence-electron chi connectivity index (χ4n) is 3.03. The fraction of sp³-hybridized carbons (Fsp3) is 0.625. The van der Waals surface area contributed by atoms with Gasteiger partial charge in [-0.3, -0.25) is 14.7 Å². The molecule has 0 aromatic carbocycles. The lowest BCUT2D eigenvalue weighted by molar-refractivity contribution is -0.139. The minimum atomic E-state index is 0.165. The van der Waals surface area contributed by atoms with Crippen molar-refractivity contribution >= 4 is 5.91 Å². The highest BCUT2D eigenvalue weighted by Gasteiger charge is 2.32. The van der Waals surface area contributed by atoms with Gasteiger partial charge in [0, 0.05) is 51.0 Å². The van der Waals surface area contributed by atoms with E-state index < -0.39 is 0 Å². The zero-order chi connectivity index (χ0) is 14.7. The largest absolute Gasteiger partial charge is 0.340 e. The summed E-state index contributed by atoms with van der Waals surface area (Å²) in [5.74, 6) is 1.04. The highest BCUT2D eigenvalue weighted by atomic mass is 16.2. The van der Waals surface area contributed by atoms with Crippen molar-refractivity contribution in [2.45, 2.75) is 13.5 Å². The Morgan fingerprint density at radius 2 is 1.95 bits per heavy atom. The summed E-state index contributed by atoms with van der Waals surface area (Å²) in [6.07, 6.45) is 3.67. The van der Waals surface area contributed by atoms with E-state index in [-0.39, 0.29) is 5.92 Å². The van der Waals surface area contributed by atoms with Gasteiger partial charge >= 0.3 is 0 Å². The predicted molar refractivity (Wildman–Crippen MR) is 81.6 cm³/mol. The second kappa shape index (κ2) is 6.54. The molecule has 21 heavy (non-hydrogen) atoms. The molecule has 3 rings (SSSR count). The van der Waals surface area contributed by atoms with Crippen molar-refractivity contribution in [3.05, 3.63) is 30.1 Å². The van der Waals surface area contributed by atoms with Gasteiger partial charge in [0.15, 0.2) is 0 Å². The van der Waals surface area contributed by atoms with E-state index in [9.17, 15) is 4.79 Å². The molecule has 3 heterocycles. The van der Waals surface area contributed by atoms with Crippen LogP contribution in [-0.2, 0) is 11.3 Å². The first-order chi connectivity index (χ1) is 10.2. The summed E-state index contributed by atoms with van der Waals surface area (Å²) in [4.78, 5) is 21.0. The molecule has 5 nitrogen and oxygen atoms in total. The van der Waals surface area contributed by atoms with E-state index in [1.165, 1.54) is 5.56 Å². The molecule has 1 unspecified atom stereocenters. The van der Waals surface area contributed by atoms with Gasteiger partial charge in [-0.05, 0) is 36.7 Å². The van der Waals surface area contributed by atoms with Crippen LogP contribution in [0.25, 0.3) is 0 Å². The van der Waals surface area contributed by atoms with Crippen molar-refractivity contribution in [3.8, 4) is 0 Å². The summed E-state index contributed by atoms with van der Waals surface area (Å²) in [7, 11) is 0. The molecule has 0 radical (unpaired) electrons. The summed E-state index contributed by atoms with van der Waals surface area (Å²) < 4.78 is 0. The van der Waals surface area contributed by atoms with E-state index in [0.29, 0.717) is 11.8 Å². The number of pyridine rings is 1. The molecular weight excluding hydrogens is 264 g/mol. The molecule has 0 spiro atoms. The van der Waals surface area contributed by atoms with Gasteiger partial charge in [0.25, 0.3) is 0 Å². The highest BCUT2D eigenvalue weighted by Crippen LogP contribution is 2.19. The van der Waals surface area contributed by atoms with Crippen LogP contribution in [0.1, 0.15) is 12.5 Å². The summed E-state index contributed by atoms with van der Waals surface area (Å²) in [6, 6.07) is 4.12. The Hall–Kier alpha value is -1.46. The van der Waals surface area contributed by atoms with E-state index in [1.807, 2.05) is 17.3 Å². The fourth-order valence-corrected chi connectivity index (χ4v) is 3.03. The number of piperazine rings is 1.